The SMILES string of the molecule is C=CCOc1cccc(OC)c1OC[C@H](O)CNC(C)C. The molecule has 0 aliphatic carbocycles. The molecule has 0 aliphatic heterocycles. The molecule has 0 unspecified atom stereocenters. The summed E-state index contributed by atoms with van der Waals surface area (Å²) in [6.45, 7) is 8.66. The van der Waals surface area contributed by atoms with Crippen LogP contribution in [-0.4, -0.2) is 44.1 Å². The molecule has 5 heteroatoms. The van der Waals surface area contributed by atoms with Gasteiger partial charge in [-0.05, 0) is 12.1 Å². The summed E-state index contributed by atoms with van der Waals surface area (Å²) in [4.78, 5) is 0. The van der Waals surface area contributed by atoms with Crippen molar-refractivity contribution in [1.29, 1.82) is 0 Å². The van der Waals surface area contributed by atoms with E-state index in [1.807, 2.05) is 19.9 Å². The molecule has 0 aliphatic rings. The zero-order valence-corrected chi connectivity index (χ0v) is 13.0. The van der Waals surface area contributed by atoms with Gasteiger partial charge in [-0.25, -0.2) is 0 Å². The Hall–Kier alpha value is -1.72. The standard InChI is InChI=1S/C16H25NO4/c1-5-9-20-15-8-6-7-14(19-4)16(15)21-11-13(18)10-17-12(2)3/h5-8,12-13,17-18H,1,9-11H2,2-4H3/t13-/m1/s1. The van der Waals surface area contributed by atoms with Gasteiger partial charge in [-0.3, -0.25) is 0 Å². The summed E-state index contributed by atoms with van der Waals surface area (Å²) in [5, 5.41) is 13.1. The lowest BCUT2D eigenvalue weighted by Crippen LogP contribution is -2.35. The minimum atomic E-state index is -0.607. The minimum Gasteiger partial charge on any atom is -0.493 e. The lowest BCUT2D eigenvalue weighted by atomic mass is 10.3. The number of methoxy groups -OCH3 is 1. The summed E-state index contributed by atoms with van der Waals surface area (Å²) in [5.74, 6) is 1.63. The second-order valence-corrected chi connectivity index (χ2v) is 4.91. The molecule has 21 heavy (non-hydrogen) atoms. The summed E-state index contributed by atoms with van der Waals surface area (Å²) >= 11 is 0. The van der Waals surface area contributed by atoms with Crippen LogP contribution in [0.25, 0.3) is 0 Å². The summed E-state index contributed by atoms with van der Waals surface area (Å²) in [5.41, 5.74) is 0. The first kappa shape index (κ1) is 17.3. The van der Waals surface area contributed by atoms with E-state index in [9.17, 15) is 5.11 Å². The van der Waals surface area contributed by atoms with Gasteiger partial charge in [-0.15, -0.1) is 0 Å². The quantitative estimate of drug-likeness (QED) is 0.647. The summed E-state index contributed by atoms with van der Waals surface area (Å²) in [7, 11) is 1.57. The molecule has 0 heterocycles. The molecule has 118 valence electrons. The summed E-state index contributed by atoms with van der Waals surface area (Å²) < 4.78 is 16.5. The predicted octanol–water partition coefficient (Wildman–Crippen LogP) is 2.00. The van der Waals surface area contributed by atoms with Crippen LogP contribution < -0.4 is 19.5 Å². The molecule has 0 amide bonds. The summed E-state index contributed by atoms with van der Waals surface area (Å²) in [6, 6.07) is 5.72. The van der Waals surface area contributed by atoms with Gasteiger partial charge < -0.3 is 24.6 Å². The Bertz CT molecular complexity index is 434. The van der Waals surface area contributed by atoms with Gasteiger partial charge in [-0.2, -0.15) is 0 Å². The number of rotatable bonds is 10. The van der Waals surface area contributed by atoms with Gasteiger partial charge in [0.25, 0.3) is 0 Å². The van der Waals surface area contributed by atoms with E-state index >= 15 is 0 Å². The first-order chi connectivity index (χ1) is 10.1. The monoisotopic (exact) mass is 295 g/mol. The molecule has 1 rings (SSSR count). The number of benzene rings is 1. The van der Waals surface area contributed by atoms with E-state index in [0.717, 1.165) is 0 Å². The Balaban J connectivity index is 2.68. The maximum Gasteiger partial charge on any atom is 0.203 e. The molecule has 0 fully saturated rings. The molecule has 5 nitrogen and oxygen atoms in total. The van der Waals surface area contributed by atoms with Crippen molar-refractivity contribution in [2.24, 2.45) is 0 Å². The van der Waals surface area contributed by atoms with Crippen molar-refractivity contribution in [2.75, 3.05) is 26.9 Å². The van der Waals surface area contributed by atoms with Gasteiger partial charge >= 0.3 is 0 Å². The fourth-order valence-corrected chi connectivity index (χ4v) is 1.67. The third kappa shape index (κ3) is 6.06. The van der Waals surface area contributed by atoms with E-state index in [2.05, 4.69) is 11.9 Å². The van der Waals surface area contributed by atoms with Crippen LogP contribution in [-0.2, 0) is 0 Å². The van der Waals surface area contributed by atoms with Crippen LogP contribution in [0.5, 0.6) is 17.2 Å². The molecule has 0 aromatic heterocycles. The average molecular weight is 295 g/mol. The Kier molecular flexibility index (Phi) is 7.64. The van der Waals surface area contributed by atoms with Crippen LogP contribution >= 0.6 is 0 Å². The number of nitrogens with one attached hydrogen (secondary N) is 1. The molecule has 0 bridgehead atoms. The van der Waals surface area contributed by atoms with E-state index in [0.29, 0.717) is 36.4 Å². The normalized spacial score (nSPS) is 12.0. The van der Waals surface area contributed by atoms with Crippen molar-refractivity contribution in [3.63, 3.8) is 0 Å². The van der Waals surface area contributed by atoms with Crippen LogP contribution in [0.4, 0.5) is 0 Å². The summed E-state index contributed by atoms with van der Waals surface area (Å²) in [6.07, 6.45) is 1.05. The Morgan fingerprint density at radius 3 is 2.62 bits per heavy atom. The van der Waals surface area contributed by atoms with Crippen molar-refractivity contribution in [3.05, 3.63) is 30.9 Å². The second-order valence-electron chi connectivity index (χ2n) is 4.91. The molecule has 0 saturated heterocycles. The highest BCUT2D eigenvalue weighted by Gasteiger charge is 2.14. The fourth-order valence-electron chi connectivity index (χ4n) is 1.67. The van der Waals surface area contributed by atoms with Crippen molar-refractivity contribution < 1.29 is 19.3 Å². The topological polar surface area (TPSA) is 60.0 Å². The van der Waals surface area contributed by atoms with Gasteiger partial charge in [0.1, 0.15) is 19.3 Å². The minimum absolute atomic E-state index is 0.157. The number of hydrogen-bond donors (Lipinski definition) is 2. The third-order valence-corrected chi connectivity index (χ3v) is 2.70. The third-order valence-electron chi connectivity index (χ3n) is 2.70. The number of para-hydroxylation sites is 1. The van der Waals surface area contributed by atoms with Crippen LogP contribution in [0.3, 0.4) is 0 Å². The van der Waals surface area contributed by atoms with Gasteiger partial charge in [0, 0.05) is 12.6 Å². The molecule has 1 aromatic carbocycles. The molecule has 2 N–H and O–H groups in total. The van der Waals surface area contributed by atoms with Crippen LogP contribution in [0.1, 0.15) is 13.8 Å². The number of aliphatic hydroxyl groups is 1. The number of ether oxygens (including phenoxy) is 3. The zero-order valence-electron chi connectivity index (χ0n) is 13.0. The second kappa shape index (κ2) is 9.26. The van der Waals surface area contributed by atoms with E-state index in [1.54, 1.807) is 25.3 Å². The lowest BCUT2D eigenvalue weighted by Gasteiger charge is -2.18. The Morgan fingerprint density at radius 2 is 2.00 bits per heavy atom. The number of hydrogen-bond acceptors (Lipinski definition) is 5. The highest BCUT2D eigenvalue weighted by Crippen LogP contribution is 2.37. The molecule has 1 aromatic rings. The molecular weight excluding hydrogens is 270 g/mol. The van der Waals surface area contributed by atoms with Gasteiger partial charge in [0.05, 0.1) is 7.11 Å². The Morgan fingerprint density at radius 1 is 1.29 bits per heavy atom. The smallest absolute Gasteiger partial charge is 0.203 e. The van der Waals surface area contributed by atoms with Crippen molar-refractivity contribution in [2.45, 2.75) is 26.0 Å². The Labute approximate surface area is 126 Å². The molecule has 1 atom stereocenters. The van der Waals surface area contributed by atoms with E-state index in [-0.39, 0.29) is 6.61 Å². The molecular formula is C16H25NO4. The van der Waals surface area contributed by atoms with Crippen LogP contribution in [0.15, 0.2) is 30.9 Å². The first-order valence-corrected chi connectivity index (χ1v) is 7.03. The predicted molar refractivity (Wildman–Crippen MR) is 83.3 cm³/mol. The number of aliphatic hydroxyl groups excluding tert-OH is 1. The van der Waals surface area contributed by atoms with Crippen molar-refractivity contribution >= 4 is 0 Å². The van der Waals surface area contributed by atoms with E-state index in [4.69, 9.17) is 14.2 Å². The average Bonchev–Trinajstić information content (AvgIpc) is 2.48. The van der Waals surface area contributed by atoms with E-state index in [1.165, 1.54) is 0 Å². The van der Waals surface area contributed by atoms with Gasteiger partial charge in [0.2, 0.25) is 5.75 Å². The van der Waals surface area contributed by atoms with Crippen molar-refractivity contribution in [1.82, 2.24) is 5.32 Å². The lowest BCUT2D eigenvalue weighted by molar-refractivity contribution is 0.101. The highest BCUT2D eigenvalue weighted by molar-refractivity contribution is 5.51. The fraction of sp³-hybridized carbons (Fsp3) is 0.500. The van der Waals surface area contributed by atoms with Crippen molar-refractivity contribution in [3.8, 4) is 17.2 Å². The highest BCUT2D eigenvalue weighted by atomic mass is 16.5. The zero-order chi connectivity index (χ0) is 15.7. The first-order valence-electron chi connectivity index (χ1n) is 7.03. The van der Waals surface area contributed by atoms with E-state index < -0.39 is 6.10 Å². The molecule has 0 saturated carbocycles. The molecule has 0 spiro atoms. The van der Waals surface area contributed by atoms with Gasteiger partial charge in [-0.1, -0.05) is 32.6 Å². The van der Waals surface area contributed by atoms with Gasteiger partial charge in [0.15, 0.2) is 11.5 Å². The largest absolute Gasteiger partial charge is 0.493 e. The van der Waals surface area contributed by atoms with Crippen LogP contribution in [0.2, 0.25) is 0 Å². The van der Waals surface area contributed by atoms with Crippen LogP contribution in [0, 0.1) is 0 Å². The molecule has 0 radical (unpaired) electrons. The maximum atomic E-state index is 9.90. The maximum absolute atomic E-state index is 9.90.